The Morgan fingerprint density at radius 3 is 2.68 bits per heavy atom. The van der Waals surface area contributed by atoms with Gasteiger partial charge in [-0.2, -0.15) is 0 Å². The number of benzene rings is 1. The lowest BCUT2D eigenvalue weighted by Gasteiger charge is -2.18. The fourth-order valence-electron chi connectivity index (χ4n) is 2.28. The molecule has 1 fully saturated rings. The third kappa shape index (κ3) is 3.56. The van der Waals surface area contributed by atoms with Crippen LogP contribution in [0.2, 0.25) is 0 Å². The molecule has 4 heteroatoms. The van der Waals surface area contributed by atoms with Crippen LogP contribution in [0.4, 0.5) is 0 Å². The molecule has 4 nitrogen and oxygen atoms in total. The summed E-state index contributed by atoms with van der Waals surface area (Å²) in [5, 5.41) is 2.88. The molecule has 0 aliphatic carbocycles. The van der Waals surface area contributed by atoms with E-state index in [1.807, 2.05) is 36.1 Å². The van der Waals surface area contributed by atoms with Gasteiger partial charge in [0.2, 0.25) is 11.8 Å². The van der Waals surface area contributed by atoms with Gasteiger partial charge < -0.3 is 10.2 Å². The number of amides is 2. The fourth-order valence-corrected chi connectivity index (χ4v) is 2.28. The average molecular weight is 260 g/mol. The van der Waals surface area contributed by atoms with Gasteiger partial charge >= 0.3 is 0 Å². The molecule has 1 saturated heterocycles. The summed E-state index contributed by atoms with van der Waals surface area (Å²) in [4.78, 5) is 24.9. The highest BCUT2D eigenvalue weighted by molar-refractivity contribution is 5.78. The topological polar surface area (TPSA) is 49.4 Å². The van der Waals surface area contributed by atoms with Gasteiger partial charge in [-0.05, 0) is 17.5 Å². The molecule has 1 aromatic carbocycles. The van der Waals surface area contributed by atoms with Gasteiger partial charge in [0.25, 0.3) is 0 Å². The van der Waals surface area contributed by atoms with Gasteiger partial charge in [-0.25, -0.2) is 0 Å². The maximum atomic E-state index is 11.7. The summed E-state index contributed by atoms with van der Waals surface area (Å²) >= 11 is 0. The highest BCUT2D eigenvalue weighted by Gasteiger charge is 2.20. The van der Waals surface area contributed by atoms with Crippen LogP contribution >= 0.6 is 0 Å². The minimum atomic E-state index is 0.0482. The van der Waals surface area contributed by atoms with E-state index in [0.29, 0.717) is 25.9 Å². The second kappa shape index (κ2) is 6.36. The van der Waals surface area contributed by atoms with Crippen molar-refractivity contribution in [1.29, 1.82) is 0 Å². The molecule has 1 heterocycles. The second-order valence-electron chi connectivity index (χ2n) is 4.82. The molecule has 2 amide bonds. The first-order chi connectivity index (χ1) is 9.20. The van der Waals surface area contributed by atoms with Crippen LogP contribution < -0.4 is 5.32 Å². The van der Waals surface area contributed by atoms with Crippen LogP contribution in [0.5, 0.6) is 0 Å². The van der Waals surface area contributed by atoms with Crippen molar-refractivity contribution >= 4 is 11.8 Å². The van der Waals surface area contributed by atoms with E-state index in [1.165, 1.54) is 0 Å². The predicted octanol–water partition coefficient (Wildman–Crippen LogP) is 1.84. The van der Waals surface area contributed by atoms with Crippen LogP contribution in [-0.4, -0.2) is 23.3 Å². The highest BCUT2D eigenvalue weighted by atomic mass is 16.2. The smallest absolute Gasteiger partial charge is 0.222 e. The third-order valence-electron chi connectivity index (χ3n) is 3.45. The Labute approximate surface area is 113 Å². The van der Waals surface area contributed by atoms with Crippen LogP contribution in [0.15, 0.2) is 24.3 Å². The molecule has 0 aromatic heterocycles. The molecule has 0 bridgehead atoms. The third-order valence-corrected chi connectivity index (χ3v) is 3.45. The van der Waals surface area contributed by atoms with E-state index in [-0.39, 0.29) is 11.8 Å². The standard InChI is InChI=1S/C15H20N2O2/c1-2-14(18)16-10-12-6-3-4-7-13(12)11-17-9-5-8-15(17)19/h3-4,6-7H,2,5,8-11H2,1H3,(H,16,18). The molecule has 0 saturated carbocycles. The summed E-state index contributed by atoms with van der Waals surface area (Å²) in [6.45, 7) is 3.86. The monoisotopic (exact) mass is 260 g/mol. The summed E-state index contributed by atoms with van der Waals surface area (Å²) < 4.78 is 0. The quantitative estimate of drug-likeness (QED) is 0.878. The summed E-state index contributed by atoms with van der Waals surface area (Å²) in [6.07, 6.45) is 2.11. The lowest BCUT2D eigenvalue weighted by Crippen LogP contribution is -2.26. The number of carbonyl (C=O) groups excluding carboxylic acids is 2. The zero-order valence-corrected chi connectivity index (χ0v) is 11.3. The van der Waals surface area contributed by atoms with Crippen molar-refractivity contribution in [1.82, 2.24) is 10.2 Å². The maximum Gasteiger partial charge on any atom is 0.222 e. The van der Waals surface area contributed by atoms with E-state index in [1.54, 1.807) is 0 Å². The summed E-state index contributed by atoms with van der Waals surface area (Å²) in [5.41, 5.74) is 2.21. The van der Waals surface area contributed by atoms with Gasteiger partial charge in [-0.3, -0.25) is 9.59 Å². The Balaban J connectivity index is 2.03. The first-order valence-corrected chi connectivity index (χ1v) is 6.82. The van der Waals surface area contributed by atoms with Crippen LogP contribution in [0, 0.1) is 0 Å². The van der Waals surface area contributed by atoms with Crippen molar-refractivity contribution in [3.63, 3.8) is 0 Å². The lowest BCUT2D eigenvalue weighted by molar-refractivity contribution is -0.128. The minimum absolute atomic E-state index is 0.0482. The molecule has 0 unspecified atom stereocenters. The predicted molar refractivity (Wildman–Crippen MR) is 73.2 cm³/mol. The van der Waals surface area contributed by atoms with Crippen molar-refractivity contribution in [3.8, 4) is 0 Å². The summed E-state index contributed by atoms with van der Waals surface area (Å²) in [7, 11) is 0. The van der Waals surface area contributed by atoms with E-state index in [0.717, 1.165) is 24.1 Å². The van der Waals surface area contributed by atoms with E-state index in [4.69, 9.17) is 0 Å². The van der Waals surface area contributed by atoms with Crippen LogP contribution in [0.1, 0.15) is 37.3 Å². The molecule has 102 valence electrons. The van der Waals surface area contributed by atoms with Gasteiger partial charge in [0.05, 0.1) is 0 Å². The first-order valence-electron chi connectivity index (χ1n) is 6.82. The Hall–Kier alpha value is -1.84. The average Bonchev–Trinajstić information content (AvgIpc) is 2.83. The van der Waals surface area contributed by atoms with Crippen molar-refractivity contribution < 1.29 is 9.59 Å². The molecule has 0 radical (unpaired) electrons. The lowest BCUT2D eigenvalue weighted by atomic mass is 10.1. The van der Waals surface area contributed by atoms with Gasteiger partial charge in [0, 0.05) is 32.5 Å². The Bertz CT molecular complexity index is 471. The zero-order valence-electron chi connectivity index (χ0n) is 11.3. The van der Waals surface area contributed by atoms with Crippen LogP contribution in [0.3, 0.4) is 0 Å². The number of hydrogen-bond donors (Lipinski definition) is 1. The normalized spacial score (nSPS) is 14.8. The number of nitrogens with one attached hydrogen (secondary N) is 1. The van der Waals surface area contributed by atoms with Gasteiger partial charge in [-0.1, -0.05) is 31.2 Å². The number of nitrogens with zero attached hydrogens (tertiary/aromatic N) is 1. The van der Waals surface area contributed by atoms with E-state index < -0.39 is 0 Å². The molecule has 1 aliphatic rings. The van der Waals surface area contributed by atoms with Crippen molar-refractivity contribution in [3.05, 3.63) is 35.4 Å². The molecule has 0 atom stereocenters. The van der Waals surface area contributed by atoms with Gasteiger partial charge in [0.1, 0.15) is 0 Å². The molecule has 1 aromatic rings. The molecular weight excluding hydrogens is 240 g/mol. The SMILES string of the molecule is CCC(=O)NCc1ccccc1CN1CCCC1=O. The molecule has 2 rings (SSSR count). The van der Waals surface area contributed by atoms with Crippen molar-refractivity contribution in [2.45, 2.75) is 39.3 Å². The summed E-state index contributed by atoms with van der Waals surface area (Å²) in [5.74, 6) is 0.277. The molecular formula is C15H20N2O2. The van der Waals surface area contributed by atoms with Crippen molar-refractivity contribution in [2.75, 3.05) is 6.54 Å². The Morgan fingerprint density at radius 1 is 1.32 bits per heavy atom. The number of rotatable bonds is 5. The highest BCUT2D eigenvalue weighted by Crippen LogP contribution is 2.17. The number of carbonyl (C=O) groups is 2. The largest absolute Gasteiger partial charge is 0.352 e. The number of hydrogen-bond acceptors (Lipinski definition) is 2. The van der Waals surface area contributed by atoms with E-state index >= 15 is 0 Å². The molecule has 19 heavy (non-hydrogen) atoms. The van der Waals surface area contributed by atoms with E-state index in [2.05, 4.69) is 5.32 Å². The Kier molecular flexibility index (Phi) is 4.55. The minimum Gasteiger partial charge on any atom is -0.352 e. The van der Waals surface area contributed by atoms with Gasteiger partial charge in [-0.15, -0.1) is 0 Å². The first kappa shape index (κ1) is 13.6. The molecule has 1 N–H and O–H groups in total. The molecule has 1 aliphatic heterocycles. The molecule has 0 spiro atoms. The maximum absolute atomic E-state index is 11.7. The van der Waals surface area contributed by atoms with Crippen molar-refractivity contribution in [2.24, 2.45) is 0 Å². The van der Waals surface area contributed by atoms with E-state index in [9.17, 15) is 9.59 Å². The Morgan fingerprint density at radius 2 is 2.05 bits per heavy atom. The zero-order chi connectivity index (χ0) is 13.7. The van der Waals surface area contributed by atoms with Crippen LogP contribution in [-0.2, 0) is 22.7 Å². The second-order valence-corrected chi connectivity index (χ2v) is 4.82. The summed E-state index contributed by atoms with van der Waals surface area (Å²) in [6, 6.07) is 7.97. The van der Waals surface area contributed by atoms with Gasteiger partial charge in [0.15, 0.2) is 0 Å². The fraction of sp³-hybridized carbons (Fsp3) is 0.467. The number of likely N-dealkylation sites (tertiary alicyclic amines) is 1. The van der Waals surface area contributed by atoms with Crippen LogP contribution in [0.25, 0.3) is 0 Å².